The van der Waals surface area contributed by atoms with Gasteiger partial charge in [-0.3, -0.25) is 0 Å². The molecule has 0 N–H and O–H groups in total. The molecule has 0 aliphatic heterocycles. The van der Waals surface area contributed by atoms with Gasteiger partial charge in [-0.2, -0.15) is 0 Å². The zero-order chi connectivity index (χ0) is 38.8. The van der Waals surface area contributed by atoms with E-state index in [1.54, 1.807) is 0 Å². The molecule has 0 aliphatic rings. The Kier molecular flexibility index (Phi) is 6.80. The van der Waals surface area contributed by atoms with Crippen LogP contribution in [0.5, 0.6) is 0 Å². The fraction of sp³-hybridized carbons (Fsp3) is 0.0769. The largest absolute Gasteiger partial charge is 0.313 e. The summed E-state index contributed by atoms with van der Waals surface area (Å²) in [6.07, 6.45) is 8.30. The van der Waals surface area contributed by atoms with E-state index in [4.69, 9.17) is 9.97 Å². The minimum absolute atomic E-state index is 0.947. The predicted octanol–water partition coefficient (Wildman–Crippen LogP) is 12.9. The molecule has 12 aromatic rings. The van der Waals surface area contributed by atoms with E-state index in [0.29, 0.717) is 0 Å². The van der Waals surface area contributed by atoms with Crippen molar-refractivity contribution >= 4 is 65.4 Å². The summed E-state index contributed by atoms with van der Waals surface area (Å²) in [5.74, 6) is 0. The summed E-state index contributed by atoms with van der Waals surface area (Å²) in [6, 6.07) is 48.1. The lowest BCUT2D eigenvalue weighted by atomic mass is 9.89. The summed E-state index contributed by atoms with van der Waals surface area (Å²) < 4.78 is 9.11. The van der Waals surface area contributed by atoms with Gasteiger partial charge in [0.25, 0.3) is 0 Å². The molecule has 6 nitrogen and oxygen atoms in total. The van der Waals surface area contributed by atoms with E-state index < -0.39 is 0 Å². The highest BCUT2D eigenvalue weighted by atomic mass is 15.0. The molecule has 0 atom stereocenters. The Bertz CT molecular complexity index is 3340. The highest BCUT2D eigenvalue weighted by Gasteiger charge is 2.26. The van der Waals surface area contributed by atoms with Crippen LogP contribution in [0, 0.1) is 27.7 Å². The van der Waals surface area contributed by atoms with Crippen molar-refractivity contribution in [3.63, 3.8) is 0 Å². The summed E-state index contributed by atoms with van der Waals surface area (Å²) in [5.41, 5.74) is 15.9. The quantitative estimate of drug-likeness (QED) is 0.168. The second-order valence-corrected chi connectivity index (χ2v) is 15.7. The number of nitrogens with zero attached hydrogens (tertiary/aromatic N) is 6. The standard InChI is InChI=1S/C52H38N6/c1-31-33(3)57(37-23-19-35(20-24-37)43-29-55-27-11-9-17-45(55)53-43)51-41-15-7-6-14-40(41)50-48-32(2)34(4)58(52(48)42-16-8-5-13-39(42)49(50)47(31)51)38-25-21-36(22-26-38)44-30-56-28-12-10-18-46(56)54-44/h5-30H,1-4H3. The number of aryl methyl sites for hydroxylation is 2. The normalized spacial score (nSPS) is 12.1. The molecular formula is C52H38N6. The summed E-state index contributed by atoms with van der Waals surface area (Å²) in [6.45, 7) is 9.16. The van der Waals surface area contributed by atoms with Crippen LogP contribution < -0.4 is 0 Å². The smallest absolute Gasteiger partial charge is 0.137 e. The number of rotatable bonds is 4. The van der Waals surface area contributed by atoms with Crippen LogP contribution >= 0.6 is 0 Å². The van der Waals surface area contributed by atoms with Gasteiger partial charge in [0.05, 0.1) is 22.4 Å². The molecule has 0 amide bonds. The topological polar surface area (TPSA) is 44.5 Å². The first-order valence-corrected chi connectivity index (χ1v) is 19.9. The van der Waals surface area contributed by atoms with E-state index in [-0.39, 0.29) is 0 Å². The van der Waals surface area contributed by atoms with Gasteiger partial charge in [-0.25, -0.2) is 9.97 Å². The number of hydrogen-bond acceptors (Lipinski definition) is 2. The first kappa shape index (κ1) is 32.8. The predicted molar refractivity (Wildman–Crippen MR) is 240 cm³/mol. The van der Waals surface area contributed by atoms with Gasteiger partial charge in [-0.1, -0.05) is 84.9 Å². The molecular weight excluding hydrogens is 709 g/mol. The monoisotopic (exact) mass is 746 g/mol. The van der Waals surface area contributed by atoms with E-state index >= 15 is 0 Å². The second kappa shape index (κ2) is 12.0. The van der Waals surface area contributed by atoms with Crippen molar-refractivity contribution in [3.05, 3.63) is 181 Å². The number of aromatic nitrogens is 6. The Morgan fingerprint density at radius 1 is 0.379 bits per heavy atom. The first-order chi connectivity index (χ1) is 28.4. The SMILES string of the molecule is Cc1c(C)n(-c2ccc(-c3cn4ccccc4n3)cc2)c2c3ccccc3c3c4c(C)c(C)n(-c5ccc(-c6cn7ccccc7n6)cc5)c4c4ccccc4c3c12. The zero-order valence-electron chi connectivity index (χ0n) is 32.7. The van der Waals surface area contributed by atoms with E-state index in [1.807, 2.05) is 48.8 Å². The highest BCUT2D eigenvalue weighted by molar-refractivity contribution is 6.40. The number of pyridine rings is 2. The Morgan fingerprint density at radius 2 is 0.759 bits per heavy atom. The van der Waals surface area contributed by atoms with E-state index in [0.717, 1.165) is 45.2 Å². The average Bonchev–Trinajstić information content (AvgIpc) is 4.03. The van der Waals surface area contributed by atoms with Crippen LogP contribution in [0.3, 0.4) is 0 Å². The lowest BCUT2D eigenvalue weighted by molar-refractivity contribution is 1.04. The van der Waals surface area contributed by atoms with Crippen molar-refractivity contribution in [1.82, 2.24) is 27.9 Å². The molecule has 0 aliphatic carbocycles. The molecule has 0 fully saturated rings. The molecule has 0 saturated carbocycles. The lowest BCUT2D eigenvalue weighted by Crippen LogP contribution is -1.98. The summed E-state index contributed by atoms with van der Waals surface area (Å²) in [5, 5.41) is 10.3. The molecule has 0 radical (unpaired) electrons. The Labute approximate surface area is 334 Å². The number of hydrogen-bond donors (Lipinski definition) is 0. The third-order valence-corrected chi connectivity index (χ3v) is 12.7. The molecule has 276 valence electrons. The lowest BCUT2D eigenvalue weighted by Gasteiger charge is -2.17. The van der Waals surface area contributed by atoms with Gasteiger partial charge in [0.15, 0.2) is 0 Å². The molecule has 12 rings (SSSR count). The van der Waals surface area contributed by atoms with Crippen molar-refractivity contribution in [1.29, 1.82) is 0 Å². The van der Waals surface area contributed by atoms with Crippen LogP contribution in [0.2, 0.25) is 0 Å². The summed E-state index contributed by atoms with van der Waals surface area (Å²) in [7, 11) is 0. The van der Waals surface area contributed by atoms with E-state index in [2.05, 4.69) is 155 Å². The minimum Gasteiger partial charge on any atom is -0.313 e. The van der Waals surface area contributed by atoms with Gasteiger partial charge >= 0.3 is 0 Å². The molecule has 6 aromatic heterocycles. The van der Waals surface area contributed by atoms with Crippen LogP contribution in [-0.4, -0.2) is 27.9 Å². The first-order valence-electron chi connectivity index (χ1n) is 19.9. The molecule has 6 aromatic carbocycles. The fourth-order valence-corrected chi connectivity index (χ4v) is 9.69. The van der Waals surface area contributed by atoms with Crippen molar-refractivity contribution in [2.45, 2.75) is 27.7 Å². The van der Waals surface area contributed by atoms with Gasteiger partial charge in [-0.05, 0) is 98.1 Å². The van der Waals surface area contributed by atoms with Crippen molar-refractivity contribution < 1.29 is 0 Å². The maximum Gasteiger partial charge on any atom is 0.137 e. The Balaban J connectivity index is 1.11. The number of benzene rings is 6. The Morgan fingerprint density at radius 3 is 1.16 bits per heavy atom. The van der Waals surface area contributed by atoms with Gasteiger partial charge < -0.3 is 17.9 Å². The van der Waals surface area contributed by atoms with Gasteiger partial charge in [0, 0.05) is 91.0 Å². The molecule has 0 spiro atoms. The zero-order valence-corrected chi connectivity index (χ0v) is 32.7. The third-order valence-electron chi connectivity index (χ3n) is 12.7. The fourth-order valence-electron chi connectivity index (χ4n) is 9.69. The maximum atomic E-state index is 4.89. The maximum absolute atomic E-state index is 4.89. The minimum atomic E-state index is 0.947. The van der Waals surface area contributed by atoms with Gasteiger partial charge in [-0.15, -0.1) is 0 Å². The number of fused-ring (bicyclic) bond motifs is 13. The molecule has 58 heavy (non-hydrogen) atoms. The second-order valence-electron chi connectivity index (χ2n) is 15.7. The van der Waals surface area contributed by atoms with Gasteiger partial charge in [0.1, 0.15) is 11.3 Å². The molecule has 6 heterocycles. The van der Waals surface area contributed by atoms with E-state index in [1.165, 1.54) is 76.6 Å². The van der Waals surface area contributed by atoms with Crippen LogP contribution in [0.25, 0.3) is 99.3 Å². The molecule has 0 unspecified atom stereocenters. The summed E-state index contributed by atoms with van der Waals surface area (Å²) in [4.78, 5) is 9.79. The van der Waals surface area contributed by atoms with Crippen LogP contribution in [0.1, 0.15) is 22.5 Å². The summed E-state index contributed by atoms with van der Waals surface area (Å²) >= 11 is 0. The van der Waals surface area contributed by atoms with Gasteiger partial charge in [0.2, 0.25) is 0 Å². The average molecular weight is 747 g/mol. The van der Waals surface area contributed by atoms with Crippen molar-refractivity contribution in [2.24, 2.45) is 0 Å². The highest BCUT2D eigenvalue weighted by Crippen LogP contribution is 2.49. The Hall–Kier alpha value is -7.44. The molecule has 6 heteroatoms. The van der Waals surface area contributed by atoms with E-state index in [9.17, 15) is 0 Å². The van der Waals surface area contributed by atoms with Crippen LogP contribution in [0.4, 0.5) is 0 Å². The molecule has 0 saturated heterocycles. The van der Waals surface area contributed by atoms with Crippen LogP contribution in [0.15, 0.2) is 158 Å². The molecule has 0 bridgehead atoms. The third kappa shape index (κ3) is 4.48. The van der Waals surface area contributed by atoms with Crippen LogP contribution in [-0.2, 0) is 0 Å². The number of imidazole rings is 2. The van der Waals surface area contributed by atoms with Crippen molar-refractivity contribution in [2.75, 3.05) is 0 Å². The van der Waals surface area contributed by atoms with Crippen molar-refractivity contribution in [3.8, 4) is 33.9 Å².